The fraction of sp³-hybridized carbons (Fsp3) is 0.458. The zero-order chi connectivity index (χ0) is 20.8. The van der Waals surface area contributed by atoms with Crippen molar-refractivity contribution >= 4 is 22.6 Å². The van der Waals surface area contributed by atoms with Crippen molar-refractivity contribution in [2.75, 3.05) is 46.4 Å². The summed E-state index contributed by atoms with van der Waals surface area (Å²) in [7, 11) is 2.20. The second kappa shape index (κ2) is 10.3. The van der Waals surface area contributed by atoms with Crippen molar-refractivity contribution in [1.82, 2.24) is 19.4 Å². The highest BCUT2D eigenvalue weighted by molar-refractivity contribution is 6.30. The van der Waals surface area contributed by atoms with E-state index in [0.717, 1.165) is 48.6 Å². The quantitative estimate of drug-likeness (QED) is 0.476. The second-order valence-electron chi connectivity index (χ2n) is 8.07. The van der Waals surface area contributed by atoms with Gasteiger partial charge in [-0.2, -0.15) is 0 Å². The van der Waals surface area contributed by atoms with Crippen molar-refractivity contribution in [3.8, 4) is 5.75 Å². The summed E-state index contributed by atoms with van der Waals surface area (Å²) in [5, 5.41) is 0.730. The van der Waals surface area contributed by atoms with E-state index in [2.05, 4.69) is 45.7 Å². The maximum atomic E-state index is 5.94. The van der Waals surface area contributed by atoms with Gasteiger partial charge in [0.1, 0.15) is 11.6 Å². The molecule has 2 aromatic carbocycles. The molecule has 0 saturated carbocycles. The first kappa shape index (κ1) is 21.2. The van der Waals surface area contributed by atoms with E-state index in [1.807, 2.05) is 24.3 Å². The van der Waals surface area contributed by atoms with Crippen molar-refractivity contribution in [2.24, 2.45) is 0 Å². The van der Waals surface area contributed by atoms with Crippen LogP contribution >= 0.6 is 11.6 Å². The SMILES string of the molecule is CN1CCN(CCCc2nc3ccccc3n2CCCOc2ccc(Cl)cc2)CC1. The Labute approximate surface area is 184 Å². The molecule has 0 N–H and O–H groups in total. The highest BCUT2D eigenvalue weighted by Crippen LogP contribution is 2.19. The summed E-state index contributed by atoms with van der Waals surface area (Å²) in [6, 6.07) is 16.0. The van der Waals surface area contributed by atoms with Crippen LogP contribution in [0.5, 0.6) is 5.75 Å². The molecule has 0 unspecified atom stereocenters. The van der Waals surface area contributed by atoms with E-state index < -0.39 is 0 Å². The first-order chi connectivity index (χ1) is 14.7. The Morgan fingerprint density at radius 1 is 0.933 bits per heavy atom. The zero-order valence-electron chi connectivity index (χ0n) is 17.8. The Morgan fingerprint density at radius 2 is 1.70 bits per heavy atom. The summed E-state index contributed by atoms with van der Waals surface area (Å²) < 4.78 is 8.26. The molecule has 30 heavy (non-hydrogen) atoms. The van der Waals surface area contributed by atoms with E-state index in [0.29, 0.717) is 6.61 Å². The van der Waals surface area contributed by atoms with E-state index in [-0.39, 0.29) is 0 Å². The van der Waals surface area contributed by atoms with E-state index in [1.54, 1.807) is 0 Å². The molecule has 4 rings (SSSR count). The van der Waals surface area contributed by atoms with E-state index in [9.17, 15) is 0 Å². The molecular formula is C24H31ClN4O. The highest BCUT2D eigenvalue weighted by Gasteiger charge is 2.15. The van der Waals surface area contributed by atoms with Crippen molar-refractivity contribution < 1.29 is 4.74 Å². The minimum Gasteiger partial charge on any atom is -0.494 e. The Kier molecular flexibility index (Phi) is 7.26. The van der Waals surface area contributed by atoms with Gasteiger partial charge in [0, 0.05) is 44.2 Å². The van der Waals surface area contributed by atoms with Crippen LogP contribution < -0.4 is 4.74 Å². The zero-order valence-corrected chi connectivity index (χ0v) is 18.5. The number of hydrogen-bond acceptors (Lipinski definition) is 4. The van der Waals surface area contributed by atoms with Crippen molar-refractivity contribution in [1.29, 1.82) is 0 Å². The predicted molar refractivity (Wildman–Crippen MR) is 124 cm³/mol. The van der Waals surface area contributed by atoms with Crippen LogP contribution in [0, 0.1) is 0 Å². The minimum absolute atomic E-state index is 0.675. The molecule has 1 aromatic heterocycles. The van der Waals surface area contributed by atoms with Crippen molar-refractivity contribution in [2.45, 2.75) is 25.8 Å². The number of hydrogen-bond donors (Lipinski definition) is 0. The van der Waals surface area contributed by atoms with Gasteiger partial charge in [0.2, 0.25) is 0 Å². The number of imidazole rings is 1. The lowest BCUT2D eigenvalue weighted by molar-refractivity contribution is 0.152. The fourth-order valence-corrected chi connectivity index (χ4v) is 4.17. The second-order valence-corrected chi connectivity index (χ2v) is 8.51. The minimum atomic E-state index is 0.675. The topological polar surface area (TPSA) is 33.5 Å². The number of fused-ring (bicyclic) bond motifs is 1. The molecule has 1 aliphatic rings. The number of likely N-dealkylation sites (N-methyl/N-ethyl adjacent to an activating group) is 1. The molecule has 1 fully saturated rings. The summed E-state index contributed by atoms with van der Waals surface area (Å²) in [6.07, 6.45) is 3.10. The average molecular weight is 427 g/mol. The van der Waals surface area contributed by atoms with Crippen LogP contribution in [-0.2, 0) is 13.0 Å². The third-order valence-corrected chi connectivity index (χ3v) is 6.06. The molecule has 0 amide bonds. The molecule has 1 saturated heterocycles. The number of halogens is 1. The number of rotatable bonds is 9. The average Bonchev–Trinajstić information content (AvgIpc) is 3.11. The molecule has 0 atom stereocenters. The molecule has 160 valence electrons. The summed E-state index contributed by atoms with van der Waals surface area (Å²) in [4.78, 5) is 9.92. The Bertz CT molecular complexity index is 932. The molecule has 0 bridgehead atoms. The molecule has 5 nitrogen and oxygen atoms in total. The van der Waals surface area contributed by atoms with Crippen LogP contribution in [0.15, 0.2) is 48.5 Å². The van der Waals surface area contributed by atoms with Gasteiger partial charge < -0.3 is 19.1 Å². The smallest absolute Gasteiger partial charge is 0.119 e. The van der Waals surface area contributed by atoms with Crippen molar-refractivity contribution in [3.05, 3.63) is 59.4 Å². The normalized spacial score (nSPS) is 15.7. The lowest BCUT2D eigenvalue weighted by atomic mass is 10.2. The fourth-order valence-electron chi connectivity index (χ4n) is 4.04. The number of nitrogens with zero attached hydrogens (tertiary/aromatic N) is 4. The molecule has 3 aromatic rings. The molecule has 0 spiro atoms. The van der Waals surface area contributed by atoms with Crippen molar-refractivity contribution in [3.63, 3.8) is 0 Å². The maximum absolute atomic E-state index is 5.94. The lowest BCUT2D eigenvalue weighted by Gasteiger charge is -2.32. The molecule has 2 heterocycles. The summed E-state index contributed by atoms with van der Waals surface area (Å²) in [5.74, 6) is 2.05. The first-order valence-corrected chi connectivity index (χ1v) is 11.3. The van der Waals surface area contributed by atoms with Crippen LogP contribution in [0.4, 0.5) is 0 Å². The van der Waals surface area contributed by atoms with Gasteiger partial charge in [-0.3, -0.25) is 0 Å². The van der Waals surface area contributed by atoms with Gasteiger partial charge in [-0.05, 0) is 62.8 Å². The largest absolute Gasteiger partial charge is 0.494 e. The number of aromatic nitrogens is 2. The predicted octanol–water partition coefficient (Wildman–Crippen LogP) is 4.34. The molecular weight excluding hydrogens is 396 g/mol. The molecule has 0 radical (unpaired) electrons. The summed E-state index contributed by atoms with van der Waals surface area (Å²) in [5.41, 5.74) is 2.31. The van der Waals surface area contributed by atoms with Gasteiger partial charge in [0.15, 0.2) is 0 Å². The summed E-state index contributed by atoms with van der Waals surface area (Å²) in [6.45, 7) is 7.44. The van der Waals surface area contributed by atoms with Gasteiger partial charge in [-0.1, -0.05) is 23.7 Å². The van der Waals surface area contributed by atoms with E-state index in [1.165, 1.54) is 37.5 Å². The van der Waals surface area contributed by atoms with Crippen LogP contribution in [0.1, 0.15) is 18.7 Å². The standard InChI is InChI=1S/C24H31ClN4O/c1-27-15-17-28(18-16-27)13-4-8-24-26-22-6-2-3-7-23(22)29(24)14-5-19-30-21-11-9-20(25)10-12-21/h2-3,6-7,9-12H,4-5,8,13-19H2,1H3. The van der Waals surface area contributed by atoms with Gasteiger partial charge >= 0.3 is 0 Å². The lowest BCUT2D eigenvalue weighted by Crippen LogP contribution is -2.44. The van der Waals surface area contributed by atoms with Gasteiger partial charge in [-0.25, -0.2) is 4.98 Å². The van der Waals surface area contributed by atoms with Crippen LogP contribution in [0.2, 0.25) is 5.02 Å². The maximum Gasteiger partial charge on any atom is 0.119 e. The molecule has 6 heteroatoms. The number of benzene rings is 2. The third kappa shape index (κ3) is 5.54. The van der Waals surface area contributed by atoms with E-state index in [4.69, 9.17) is 21.3 Å². The number of piperazine rings is 1. The Morgan fingerprint density at radius 3 is 2.50 bits per heavy atom. The highest BCUT2D eigenvalue weighted by atomic mass is 35.5. The van der Waals surface area contributed by atoms with Gasteiger partial charge in [0.25, 0.3) is 0 Å². The van der Waals surface area contributed by atoms with Crippen LogP contribution in [0.3, 0.4) is 0 Å². The van der Waals surface area contributed by atoms with E-state index >= 15 is 0 Å². The summed E-state index contributed by atoms with van der Waals surface area (Å²) >= 11 is 5.94. The van der Waals surface area contributed by atoms with Gasteiger partial charge in [-0.15, -0.1) is 0 Å². The molecule has 0 aliphatic carbocycles. The number of ether oxygens (including phenoxy) is 1. The monoisotopic (exact) mass is 426 g/mol. The third-order valence-electron chi connectivity index (χ3n) is 5.81. The number of para-hydroxylation sites is 2. The van der Waals surface area contributed by atoms with Crippen LogP contribution in [0.25, 0.3) is 11.0 Å². The molecule has 1 aliphatic heterocycles. The van der Waals surface area contributed by atoms with Gasteiger partial charge in [0.05, 0.1) is 17.6 Å². The Hall–Kier alpha value is -2.08. The van der Waals surface area contributed by atoms with Crippen LogP contribution in [-0.4, -0.2) is 65.7 Å². The Balaban J connectivity index is 1.33. The number of aryl methyl sites for hydroxylation is 2. The first-order valence-electron chi connectivity index (χ1n) is 10.9.